The number of carbonyl (C=O) groups excluding carboxylic acids is 3. The van der Waals surface area contributed by atoms with Crippen LogP contribution in [0.1, 0.15) is 64.7 Å². The molecule has 1 aliphatic rings. The van der Waals surface area contributed by atoms with E-state index in [1.54, 1.807) is 29.2 Å². The minimum Gasteiger partial charge on any atom is -0.352 e. The summed E-state index contributed by atoms with van der Waals surface area (Å²) in [5.41, 5.74) is 0.228. The highest BCUT2D eigenvalue weighted by Gasteiger charge is 2.35. The summed E-state index contributed by atoms with van der Waals surface area (Å²) in [5, 5.41) is 9.00. The van der Waals surface area contributed by atoms with Gasteiger partial charge in [-0.05, 0) is 64.5 Å². The van der Waals surface area contributed by atoms with E-state index >= 15 is 0 Å². The van der Waals surface area contributed by atoms with Crippen LogP contribution in [0.15, 0.2) is 30.3 Å². The van der Waals surface area contributed by atoms with Crippen LogP contribution in [0, 0.1) is 11.8 Å². The van der Waals surface area contributed by atoms with Crippen LogP contribution in [0.3, 0.4) is 0 Å². The quantitative estimate of drug-likeness (QED) is 0.647. The van der Waals surface area contributed by atoms with Gasteiger partial charge in [0.15, 0.2) is 0 Å². The largest absolute Gasteiger partial charge is 0.352 e. The Morgan fingerprint density at radius 2 is 1.55 bits per heavy atom. The van der Waals surface area contributed by atoms with Crippen LogP contribution in [0.5, 0.6) is 0 Å². The zero-order valence-corrected chi connectivity index (χ0v) is 19.7. The zero-order valence-electron chi connectivity index (χ0n) is 19.7. The summed E-state index contributed by atoms with van der Waals surface area (Å²) in [4.78, 5) is 40.2. The first-order valence-electron chi connectivity index (χ1n) is 11.2. The number of nitrogens with zero attached hydrogens (tertiary/aromatic N) is 1. The number of hydrogen-bond acceptors (Lipinski definition) is 3. The van der Waals surface area contributed by atoms with E-state index in [0.29, 0.717) is 31.5 Å². The summed E-state index contributed by atoms with van der Waals surface area (Å²) in [6.07, 6.45) is 1.31. The molecule has 0 aromatic heterocycles. The van der Waals surface area contributed by atoms with Gasteiger partial charge in [-0.2, -0.15) is 0 Å². The van der Waals surface area contributed by atoms with Crippen LogP contribution in [0.4, 0.5) is 4.79 Å². The molecule has 1 aliphatic heterocycles. The highest BCUT2D eigenvalue weighted by atomic mass is 16.2. The van der Waals surface area contributed by atoms with Gasteiger partial charge in [-0.25, -0.2) is 4.79 Å². The summed E-state index contributed by atoms with van der Waals surface area (Å²) >= 11 is 0. The van der Waals surface area contributed by atoms with Crippen molar-refractivity contribution in [2.45, 2.75) is 72.0 Å². The number of urea groups is 1. The SMILES string of the molecule is CC(C)C(C)NC(=O)C(NC(=O)c1ccccc1)C1CCN(C(=O)NC(C)(C)C)CC1. The van der Waals surface area contributed by atoms with E-state index in [4.69, 9.17) is 0 Å². The van der Waals surface area contributed by atoms with E-state index in [1.165, 1.54) is 0 Å². The first kappa shape index (κ1) is 24.7. The number of carbonyl (C=O) groups is 3. The molecule has 0 aliphatic carbocycles. The van der Waals surface area contributed by atoms with E-state index in [2.05, 4.69) is 29.8 Å². The molecule has 2 unspecified atom stereocenters. The highest BCUT2D eigenvalue weighted by molar-refractivity contribution is 5.97. The Morgan fingerprint density at radius 3 is 2.06 bits per heavy atom. The molecule has 7 heteroatoms. The number of nitrogens with one attached hydrogen (secondary N) is 3. The lowest BCUT2D eigenvalue weighted by Gasteiger charge is -2.37. The first-order valence-corrected chi connectivity index (χ1v) is 11.2. The predicted octanol–water partition coefficient (Wildman–Crippen LogP) is 3.17. The number of amides is 4. The number of piperidine rings is 1. The average molecular weight is 431 g/mol. The van der Waals surface area contributed by atoms with Crippen molar-refractivity contribution in [3.8, 4) is 0 Å². The minimum atomic E-state index is -0.637. The van der Waals surface area contributed by atoms with E-state index in [1.807, 2.05) is 33.8 Å². The molecular formula is C24H38N4O3. The third-order valence-electron chi connectivity index (χ3n) is 5.76. The van der Waals surface area contributed by atoms with Crippen molar-refractivity contribution in [1.82, 2.24) is 20.9 Å². The fraction of sp³-hybridized carbons (Fsp3) is 0.625. The Hall–Kier alpha value is -2.57. The Labute approximate surface area is 186 Å². The second-order valence-electron chi connectivity index (χ2n) is 9.86. The van der Waals surface area contributed by atoms with Crippen molar-refractivity contribution in [2.75, 3.05) is 13.1 Å². The molecule has 172 valence electrons. The van der Waals surface area contributed by atoms with Crippen molar-refractivity contribution < 1.29 is 14.4 Å². The van der Waals surface area contributed by atoms with Gasteiger partial charge < -0.3 is 20.9 Å². The van der Waals surface area contributed by atoms with Crippen molar-refractivity contribution in [1.29, 1.82) is 0 Å². The molecule has 0 radical (unpaired) electrons. The lowest BCUT2D eigenvalue weighted by molar-refractivity contribution is -0.125. The Bertz CT molecular complexity index is 750. The summed E-state index contributed by atoms with van der Waals surface area (Å²) in [6, 6.07) is 8.20. The van der Waals surface area contributed by atoms with Crippen LogP contribution in [0.25, 0.3) is 0 Å². The van der Waals surface area contributed by atoms with E-state index < -0.39 is 6.04 Å². The Kier molecular flexibility index (Phi) is 8.48. The van der Waals surface area contributed by atoms with Gasteiger partial charge in [0, 0.05) is 30.2 Å². The smallest absolute Gasteiger partial charge is 0.317 e. The molecule has 0 bridgehead atoms. The highest BCUT2D eigenvalue weighted by Crippen LogP contribution is 2.22. The monoisotopic (exact) mass is 430 g/mol. The Morgan fingerprint density at radius 1 is 0.968 bits per heavy atom. The lowest BCUT2D eigenvalue weighted by atomic mass is 9.88. The standard InChI is InChI=1S/C24H38N4O3/c1-16(2)17(3)25-22(30)20(26-21(29)19-10-8-7-9-11-19)18-12-14-28(15-13-18)23(31)27-24(4,5)6/h7-11,16-18,20H,12-15H2,1-6H3,(H,25,30)(H,26,29)(H,27,31). The zero-order chi connectivity index (χ0) is 23.2. The number of rotatable bonds is 6. The second-order valence-corrected chi connectivity index (χ2v) is 9.86. The molecule has 31 heavy (non-hydrogen) atoms. The van der Waals surface area contributed by atoms with Crippen LogP contribution >= 0.6 is 0 Å². The van der Waals surface area contributed by atoms with E-state index in [9.17, 15) is 14.4 Å². The predicted molar refractivity (Wildman–Crippen MR) is 123 cm³/mol. The number of hydrogen-bond donors (Lipinski definition) is 3. The Balaban J connectivity index is 2.09. The molecule has 1 aromatic carbocycles. The van der Waals surface area contributed by atoms with Crippen molar-refractivity contribution in [3.05, 3.63) is 35.9 Å². The molecule has 0 saturated carbocycles. The van der Waals surface area contributed by atoms with Gasteiger partial charge in [0.25, 0.3) is 5.91 Å². The molecule has 1 fully saturated rings. The van der Waals surface area contributed by atoms with Gasteiger partial charge in [0.1, 0.15) is 6.04 Å². The van der Waals surface area contributed by atoms with Gasteiger partial charge in [-0.1, -0.05) is 32.0 Å². The molecule has 2 atom stereocenters. The maximum Gasteiger partial charge on any atom is 0.317 e. The summed E-state index contributed by atoms with van der Waals surface area (Å²) in [7, 11) is 0. The molecule has 1 heterocycles. The molecule has 2 rings (SSSR count). The first-order chi connectivity index (χ1) is 14.5. The molecule has 1 saturated heterocycles. The summed E-state index contributed by atoms with van der Waals surface area (Å²) in [5.74, 6) is -0.169. The van der Waals surface area contributed by atoms with Gasteiger partial charge in [-0.3, -0.25) is 9.59 Å². The fourth-order valence-electron chi connectivity index (χ4n) is 3.53. The maximum absolute atomic E-state index is 13.1. The van der Waals surface area contributed by atoms with Crippen molar-refractivity contribution in [3.63, 3.8) is 0 Å². The fourth-order valence-corrected chi connectivity index (χ4v) is 3.53. The maximum atomic E-state index is 13.1. The van der Waals surface area contributed by atoms with E-state index in [-0.39, 0.29) is 41.3 Å². The normalized spacial score (nSPS) is 17.1. The van der Waals surface area contributed by atoms with Gasteiger partial charge in [-0.15, -0.1) is 0 Å². The van der Waals surface area contributed by atoms with Gasteiger partial charge >= 0.3 is 6.03 Å². The summed E-state index contributed by atoms with van der Waals surface area (Å²) in [6.45, 7) is 13.0. The van der Waals surface area contributed by atoms with Crippen molar-refractivity contribution >= 4 is 17.8 Å². The average Bonchev–Trinajstić information content (AvgIpc) is 2.71. The third-order valence-corrected chi connectivity index (χ3v) is 5.76. The van der Waals surface area contributed by atoms with Gasteiger partial charge in [0.2, 0.25) is 5.91 Å². The molecule has 1 aromatic rings. The number of likely N-dealkylation sites (tertiary alicyclic amines) is 1. The summed E-state index contributed by atoms with van der Waals surface area (Å²) < 4.78 is 0. The van der Waals surface area contributed by atoms with Crippen LogP contribution in [0.2, 0.25) is 0 Å². The number of benzene rings is 1. The molecule has 3 N–H and O–H groups in total. The topological polar surface area (TPSA) is 90.5 Å². The molecular weight excluding hydrogens is 392 g/mol. The molecule has 0 spiro atoms. The van der Waals surface area contributed by atoms with Crippen LogP contribution < -0.4 is 16.0 Å². The van der Waals surface area contributed by atoms with Crippen LogP contribution in [-0.4, -0.2) is 53.5 Å². The van der Waals surface area contributed by atoms with Crippen molar-refractivity contribution in [2.24, 2.45) is 11.8 Å². The van der Waals surface area contributed by atoms with Gasteiger partial charge in [0.05, 0.1) is 0 Å². The molecule has 4 amide bonds. The minimum absolute atomic E-state index is 0.00118. The van der Waals surface area contributed by atoms with Crippen LogP contribution in [-0.2, 0) is 4.79 Å². The second kappa shape index (κ2) is 10.6. The molecule has 7 nitrogen and oxygen atoms in total. The third kappa shape index (κ3) is 7.56. The van der Waals surface area contributed by atoms with E-state index in [0.717, 1.165) is 0 Å². The lowest BCUT2D eigenvalue weighted by Crippen LogP contribution is -2.57.